The van der Waals surface area contributed by atoms with E-state index < -0.39 is 9.84 Å². The number of sulfone groups is 1. The fourth-order valence-electron chi connectivity index (χ4n) is 2.21. The summed E-state index contributed by atoms with van der Waals surface area (Å²) in [6.07, 6.45) is 5.31. The predicted octanol–water partition coefficient (Wildman–Crippen LogP) is 3.86. The highest BCUT2D eigenvalue weighted by molar-refractivity contribution is 7.91. The zero-order valence-electron chi connectivity index (χ0n) is 15.3. The summed E-state index contributed by atoms with van der Waals surface area (Å²) in [4.78, 5) is 15.3. The number of halogens is 1. The molecule has 0 radical (unpaired) electrons. The smallest absolute Gasteiger partial charge is 0.219 e. The first kappa shape index (κ1) is 20.9. The Bertz CT molecular complexity index is 941. The van der Waals surface area contributed by atoms with Gasteiger partial charge >= 0.3 is 0 Å². The third-order valence-corrected chi connectivity index (χ3v) is 5.65. The maximum absolute atomic E-state index is 11.9. The molecule has 2 aromatic rings. The number of ether oxygens (including phenoxy) is 1. The zero-order valence-corrected chi connectivity index (χ0v) is 16.8. The zero-order chi connectivity index (χ0) is 20.0. The van der Waals surface area contributed by atoms with E-state index in [4.69, 9.17) is 16.3 Å². The second-order valence-corrected chi connectivity index (χ2v) is 8.56. The first-order valence-corrected chi connectivity index (χ1v) is 10.4. The van der Waals surface area contributed by atoms with Crippen LogP contribution in [0.4, 0.5) is 0 Å². The number of nitrogens with one attached hydrogen (secondary N) is 1. The summed E-state index contributed by atoms with van der Waals surface area (Å²) in [5, 5.41) is 2.95. The van der Waals surface area contributed by atoms with Gasteiger partial charge in [-0.1, -0.05) is 30.7 Å². The lowest BCUT2D eigenvalue weighted by Gasteiger charge is -2.09. The highest BCUT2D eigenvalue weighted by atomic mass is 35.5. The second-order valence-electron chi connectivity index (χ2n) is 5.88. The lowest BCUT2D eigenvalue weighted by molar-refractivity contribution is -0.119. The number of benzene rings is 1. The first-order valence-electron chi connectivity index (χ1n) is 8.33. The van der Waals surface area contributed by atoms with Gasteiger partial charge in [0, 0.05) is 25.2 Å². The molecular weight excluding hydrogens is 388 g/mol. The molecular formula is C19H21ClN2O4S. The fraction of sp³-hybridized carbons (Fsp3) is 0.263. The van der Waals surface area contributed by atoms with Crippen molar-refractivity contribution in [3.63, 3.8) is 0 Å². The number of hydrogen-bond donors (Lipinski definition) is 1. The van der Waals surface area contributed by atoms with Gasteiger partial charge in [0.15, 0.2) is 9.84 Å². The van der Waals surface area contributed by atoms with E-state index in [1.807, 2.05) is 25.1 Å². The molecule has 0 spiro atoms. The van der Waals surface area contributed by atoms with Crippen LogP contribution < -0.4 is 10.1 Å². The van der Waals surface area contributed by atoms with Gasteiger partial charge in [0.1, 0.15) is 5.75 Å². The van der Waals surface area contributed by atoms with Crippen molar-refractivity contribution in [2.45, 2.75) is 31.7 Å². The number of carbonyl (C=O) groups is 1. The quantitative estimate of drug-likeness (QED) is 0.751. The van der Waals surface area contributed by atoms with E-state index in [1.54, 1.807) is 19.2 Å². The number of pyridine rings is 1. The average Bonchev–Trinajstić information content (AvgIpc) is 2.62. The Morgan fingerprint density at radius 1 is 1.33 bits per heavy atom. The van der Waals surface area contributed by atoms with Gasteiger partial charge in [-0.2, -0.15) is 0 Å². The maximum atomic E-state index is 11.9. The molecule has 0 aliphatic carbocycles. The number of hydrogen-bond acceptors (Lipinski definition) is 5. The van der Waals surface area contributed by atoms with Gasteiger partial charge in [0.2, 0.25) is 11.8 Å². The molecule has 0 bridgehead atoms. The SMILES string of the molecule is CCS(=O)(=O)c1ccc(Oc2ccc(/C=C/[C@H](C)NC(C)=O)cn2)c(Cl)c1. The van der Waals surface area contributed by atoms with Crippen LogP contribution in [0, 0.1) is 0 Å². The molecule has 0 saturated carbocycles. The Balaban J connectivity index is 2.08. The molecule has 144 valence electrons. The first-order chi connectivity index (χ1) is 12.7. The molecule has 0 aliphatic rings. The molecule has 6 nitrogen and oxygen atoms in total. The van der Waals surface area contributed by atoms with Crippen molar-refractivity contribution >= 4 is 33.4 Å². The lowest BCUT2D eigenvalue weighted by Crippen LogP contribution is -2.28. The minimum absolute atomic E-state index is 0.000617. The van der Waals surface area contributed by atoms with E-state index in [0.717, 1.165) is 5.56 Å². The Labute approximate surface area is 164 Å². The van der Waals surface area contributed by atoms with Crippen molar-refractivity contribution in [1.29, 1.82) is 0 Å². The second kappa shape index (κ2) is 9.01. The Kier molecular flexibility index (Phi) is 6.98. The van der Waals surface area contributed by atoms with Gasteiger partial charge in [-0.3, -0.25) is 4.79 Å². The summed E-state index contributed by atoms with van der Waals surface area (Å²) in [7, 11) is -3.33. The van der Waals surface area contributed by atoms with Crippen LogP contribution in [0.3, 0.4) is 0 Å². The van der Waals surface area contributed by atoms with Gasteiger partial charge in [-0.15, -0.1) is 0 Å². The highest BCUT2D eigenvalue weighted by Gasteiger charge is 2.14. The van der Waals surface area contributed by atoms with Crippen LogP contribution >= 0.6 is 11.6 Å². The molecule has 0 aliphatic heterocycles. The molecule has 1 N–H and O–H groups in total. The van der Waals surface area contributed by atoms with Gasteiger partial charge < -0.3 is 10.1 Å². The Hall–Kier alpha value is -2.38. The van der Waals surface area contributed by atoms with Crippen LogP contribution in [-0.2, 0) is 14.6 Å². The van der Waals surface area contributed by atoms with Crippen LogP contribution in [0.5, 0.6) is 11.6 Å². The molecule has 1 heterocycles. The normalized spacial score (nSPS) is 12.7. The summed E-state index contributed by atoms with van der Waals surface area (Å²) in [6, 6.07) is 7.74. The number of rotatable bonds is 7. The summed E-state index contributed by atoms with van der Waals surface area (Å²) in [5.74, 6) is 0.557. The molecule has 0 unspecified atom stereocenters. The van der Waals surface area contributed by atoms with Crippen LogP contribution in [-0.4, -0.2) is 31.1 Å². The minimum atomic E-state index is -3.33. The van der Waals surface area contributed by atoms with Crippen LogP contribution in [0.25, 0.3) is 6.08 Å². The lowest BCUT2D eigenvalue weighted by atomic mass is 10.2. The number of amides is 1. The van der Waals surface area contributed by atoms with E-state index in [9.17, 15) is 13.2 Å². The summed E-state index contributed by atoms with van der Waals surface area (Å²) in [5.41, 5.74) is 0.843. The molecule has 27 heavy (non-hydrogen) atoms. The largest absolute Gasteiger partial charge is 0.437 e. The standard InChI is InChI=1S/C19H21ClN2O4S/c1-4-27(24,25)16-8-9-18(17(20)11-16)26-19-10-7-15(12-21-19)6-5-13(2)22-14(3)23/h5-13H,4H2,1-3H3,(H,22,23)/b6-5+/t13-/m0/s1. The van der Waals surface area contributed by atoms with Crippen molar-refractivity contribution in [3.8, 4) is 11.6 Å². The van der Waals surface area contributed by atoms with Gasteiger partial charge in [0.05, 0.1) is 15.7 Å². The average molecular weight is 409 g/mol. The van der Waals surface area contributed by atoms with Crippen molar-refractivity contribution < 1.29 is 17.9 Å². The third kappa shape index (κ3) is 6.08. The van der Waals surface area contributed by atoms with Gasteiger partial charge in [-0.05, 0) is 36.8 Å². The monoisotopic (exact) mass is 408 g/mol. The summed E-state index contributed by atoms with van der Waals surface area (Å²) >= 11 is 6.14. The molecule has 1 atom stereocenters. The van der Waals surface area contributed by atoms with Crippen molar-refractivity contribution in [3.05, 3.63) is 53.2 Å². The molecule has 1 amide bonds. The molecule has 0 saturated heterocycles. The molecule has 1 aromatic heterocycles. The van der Waals surface area contributed by atoms with Crippen molar-refractivity contribution in [1.82, 2.24) is 10.3 Å². The molecule has 8 heteroatoms. The third-order valence-electron chi connectivity index (χ3n) is 3.62. The van der Waals surface area contributed by atoms with Crippen molar-refractivity contribution in [2.75, 3.05) is 5.75 Å². The van der Waals surface area contributed by atoms with E-state index >= 15 is 0 Å². The van der Waals surface area contributed by atoms with Gasteiger partial charge in [0.25, 0.3) is 0 Å². The molecule has 0 fully saturated rings. The highest BCUT2D eigenvalue weighted by Crippen LogP contribution is 2.31. The summed E-state index contributed by atoms with van der Waals surface area (Å²) < 4.78 is 29.4. The van der Waals surface area contributed by atoms with Crippen LogP contribution in [0.1, 0.15) is 26.3 Å². The van der Waals surface area contributed by atoms with Crippen LogP contribution in [0.15, 0.2) is 47.5 Å². The predicted molar refractivity (Wildman–Crippen MR) is 106 cm³/mol. The van der Waals surface area contributed by atoms with Crippen LogP contribution in [0.2, 0.25) is 5.02 Å². The number of nitrogens with zero attached hydrogens (tertiary/aromatic N) is 1. The number of carbonyl (C=O) groups excluding carboxylic acids is 1. The molecule has 1 aromatic carbocycles. The van der Waals surface area contributed by atoms with E-state index in [2.05, 4.69) is 10.3 Å². The topological polar surface area (TPSA) is 85.4 Å². The number of aromatic nitrogens is 1. The van der Waals surface area contributed by atoms with E-state index in [0.29, 0.717) is 11.6 Å². The minimum Gasteiger partial charge on any atom is -0.437 e. The van der Waals surface area contributed by atoms with E-state index in [1.165, 1.54) is 25.1 Å². The maximum Gasteiger partial charge on any atom is 0.219 e. The Morgan fingerprint density at radius 2 is 2.07 bits per heavy atom. The molecule has 2 rings (SSSR count). The summed E-state index contributed by atoms with van der Waals surface area (Å²) in [6.45, 7) is 4.91. The van der Waals surface area contributed by atoms with Gasteiger partial charge in [-0.25, -0.2) is 13.4 Å². The Morgan fingerprint density at radius 3 is 2.63 bits per heavy atom. The van der Waals surface area contributed by atoms with Crippen molar-refractivity contribution in [2.24, 2.45) is 0 Å². The fourth-order valence-corrected chi connectivity index (χ4v) is 3.40. The van der Waals surface area contributed by atoms with E-state index in [-0.39, 0.29) is 27.6 Å².